The van der Waals surface area contributed by atoms with Crippen LogP contribution in [0.5, 0.6) is 0 Å². The van der Waals surface area contributed by atoms with Gasteiger partial charge in [0.15, 0.2) is 0 Å². The van der Waals surface area contributed by atoms with Gasteiger partial charge in [0.1, 0.15) is 5.41 Å². The van der Waals surface area contributed by atoms with Gasteiger partial charge in [-0.05, 0) is 37.5 Å². The summed E-state index contributed by atoms with van der Waals surface area (Å²) in [5, 5.41) is 21.1. The summed E-state index contributed by atoms with van der Waals surface area (Å²) < 4.78 is 0. The molecule has 2 atom stereocenters. The Labute approximate surface area is 102 Å². The Morgan fingerprint density at radius 1 is 1.35 bits per heavy atom. The van der Waals surface area contributed by atoms with Gasteiger partial charge in [0.25, 0.3) is 0 Å². The largest absolute Gasteiger partial charge is 0.396 e. The van der Waals surface area contributed by atoms with E-state index in [1.807, 2.05) is 0 Å². The van der Waals surface area contributed by atoms with Crippen molar-refractivity contribution in [2.45, 2.75) is 38.5 Å². The monoisotopic (exact) mass is 236 g/mol. The Balaban J connectivity index is 1.81. The number of hydrogen-bond acceptors (Lipinski definition) is 3. The summed E-state index contributed by atoms with van der Waals surface area (Å²) in [4.78, 5) is 11.8. The third kappa shape index (κ3) is 2.61. The van der Waals surface area contributed by atoms with Crippen LogP contribution in [-0.2, 0) is 4.79 Å². The number of aliphatic hydroxyl groups is 1. The molecule has 2 saturated carbocycles. The summed E-state index contributed by atoms with van der Waals surface area (Å²) in [5.41, 5.74) is -0.719. The molecule has 2 N–H and O–H groups in total. The number of nitrogens with zero attached hydrogens (tertiary/aromatic N) is 1. The minimum absolute atomic E-state index is 0.109. The van der Waals surface area contributed by atoms with E-state index in [1.165, 1.54) is 12.8 Å². The average Bonchev–Trinajstić information content (AvgIpc) is 3.17. The molecule has 0 heterocycles. The van der Waals surface area contributed by atoms with E-state index < -0.39 is 5.41 Å². The first kappa shape index (κ1) is 12.4. The molecule has 17 heavy (non-hydrogen) atoms. The Kier molecular flexibility index (Phi) is 3.68. The first-order valence-electron chi connectivity index (χ1n) is 6.52. The summed E-state index contributed by atoms with van der Waals surface area (Å²) in [6.45, 7) is 0.831. The maximum atomic E-state index is 11.8. The van der Waals surface area contributed by atoms with Gasteiger partial charge in [-0.25, -0.2) is 0 Å². The first-order chi connectivity index (χ1) is 8.22. The highest BCUT2D eigenvalue weighted by Crippen LogP contribution is 2.45. The average molecular weight is 236 g/mol. The lowest BCUT2D eigenvalue weighted by Gasteiger charge is -2.30. The van der Waals surface area contributed by atoms with Crippen molar-refractivity contribution in [1.82, 2.24) is 5.32 Å². The molecule has 0 radical (unpaired) electrons. The topological polar surface area (TPSA) is 73.1 Å². The fraction of sp³-hybridized carbons (Fsp3) is 0.846. The highest BCUT2D eigenvalue weighted by Gasteiger charge is 2.50. The van der Waals surface area contributed by atoms with Crippen LogP contribution in [0.25, 0.3) is 0 Å². The van der Waals surface area contributed by atoms with Gasteiger partial charge in [-0.15, -0.1) is 0 Å². The van der Waals surface area contributed by atoms with E-state index in [4.69, 9.17) is 5.26 Å². The third-order valence-corrected chi connectivity index (χ3v) is 4.22. The van der Waals surface area contributed by atoms with Crippen molar-refractivity contribution in [2.75, 3.05) is 13.2 Å². The summed E-state index contributed by atoms with van der Waals surface area (Å²) in [5.74, 6) is 0.593. The summed E-state index contributed by atoms with van der Waals surface area (Å²) >= 11 is 0. The lowest BCUT2D eigenvalue weighted by molar-refractivity contribution is -0.124. The zero-order valence-corrected chi connectivity index (χ0v) is 10.1. The molecule has 0 aromatic heterocycles. The first-order valence-corrected chi connectivity index (χ1v) is 6.52. The van der Waals surface area contributed by atoms with E-state index in [9.17, 15) is 9.90 Å². The Morgan fingerprint density at radius 3 is 2.53 bits per heavy atom. The highest BCUT2D eigenvalue weighted by molar-refractivity contribution is 5.88. The summed E-state index contributed by atoms with van der Waals surface area (Å²) in [6.07, 6.45) is 5.89. The van der Waals surface area contributed by atoms with Crippen LogP contribution in [0, 0.1) is 28.6 Å². The summed E-state index contributed by atoms with van der Waals surface area (Å²) in [6, 6.07) is 2.10. The van der Waals surface area contributed by atoms with Crippen LogP contribution in [0.3, 0.4) is 0 Å². The Hall–Kier alpha value is -1.08. The van der Waals surface area contributed by atoms with Crippen molar-refractivity contribution in [3.63, 3.8) is 0 Å². The molecule has 0 bridgehead atoms. The predicted molar refractivity (Wildman–Crippen MR) is 62.8 cm³/mol. The third-order valence-electron chi connectivity index (χ3n) is 4.22. The molecule has 4 nitrogen and oxygen atoms in total. The number of hydrogen-bond donors (Lipinski definition) is 2. The maximum Gasteiger partial charge on any atom is 0.240 e. The molecule has 2 aliphatic rings. The van der Waals surface area contributed by atoms with Gasteiger partial charge in [-0.2, -0.15) is 5.26 Å². The minimum Gasteiger partial charge on any atom is -0.396 e. The molecule has 0 spiro atoms. The number of amides is 1. The van der Waals surface area contributed by atoms with Crippen LogP contribution in [-0.4, -0.2) is 24.2 Å². The SMILES string of the molecule is N#CC1(C(=O)NCC2CCCCC2CO)CC1. The van der Waals surface area contributed by atoms with E-state index in [2.05, 4.69) is 11.4 Å². The number of nitrogens with one attached hydrogen (secondary N) is 1. The van der Waals surface area contributed by atoms with Crippen molar-refractivity contribution in [3.8, 4) is 6.07 Å². The molecular weight excluding hydrogens is 216 g/mol. The molecule has 0 aliphatic heterocycles. The van der Waals surface area contributed by atoms with Crippen LogP contribution in [0.1, 0.15) is 38.5 Å². The van der Waals surface area contributed by atoms with E-state index in [1.54, 1.807) is 0 Å². The number of nitriles is 1. The molecule has 4 heteroatoms. The molecule has 2 aliphatic carbocycles. The van der Waals surface area contributed by atoms with E-state index in [0.29, 0.717) is 31.2 Å². The molecule has 2 fully saturated rings. The second-order valence-electron chi connectivity index (χ2n) is 5.39. The predicted octanol–water partition coefficient (Wildman–Crippen LogP) is 1.21. The van der Waals surface area contributed by atoms with E-state index >= 15 is 0 Å². The van der Waals surface area contributed by atoms with Gasteiger partial charge >= 0.3 is 0 Å². The number of carbonyl (C=O) groups is 1. The van der Waals surface area contributed by atoms with Crippen molar-refractivity contribution in [2.24, 2.45) is 17.3 Å². The van der Waals surface area contributed by atoms with Crippen LogP contribution >= 0.6 is 0 Å². The number of aliphatic hydroxyl groups excluding tert-OH is 1. The fourth-order valence-corrected chi connectivity index (χ4v) is 2.70. The smallest absolute Gasteiger partial charge is 0.240 e. The minimum atomic E-state index is -0.719. The molecule has 2 rings (SSSR count). The van der Waals surface area contributed by atoms with Crippen molar-refractivity contribution < 1.29 is 9.90 Å². The zero-order valence-electron chi connectivity index (χ0n) is 10.1. The van der Waals surface area contributed by atoms with E-state index in [0.717, 1.165) is 12.8 Å². The second kappa shape index (κ2) is 5.05. The van der Waals surface area contributed by atoms with Crippen LogP contribution in [0.4, 0.5) is 0 Å². The normalized spacial score (nSPS) is 30.4. The lowest BCUT2D eigenvalue weighted by Crippen LogP contribution is -2.38. The second-order valence-corrected chi connectivity index (χ2v) is 5.39. The highest BCUT2D eigenvalue weighted by atomic mass is 16.3. The zero-order chi connectivity index (χ0) is 12.3. The lowest BCUT2D eigenvalue weighted by atomic mass is 9.79. The Bertz CT molecular complexity index is 331. The van der Waals surface area contributed by atoms with Crippen LogP contribution in [0.15, 0.2) is 0 Å². The maximum absolute atomic E-state index is 11.8. The van der Waals surface area contributed by atoms with Gasteiger partial charge in [0.2, 0.25) is 5.91 Å². The Morgan fingerprint density at radius 2 is 2.00 bits per heavy atom. The standard InChI is InChI=1S/C13H20N2O2/c14-9-13(5-6-13)12(17)15-7-10-3-1-2-4-11(10)8-16/h10-11,16H,1-8H2,(H,15,17). The van der Waals surface area contributed by atoms with Crippen LogP contribution in [0.2, 0.25) is 0 Å². The fourth-order valence-electron chi connectivity index (χ4n) is 2.70. The molecule has 2 unspecified atom stereocenters. The van der Waals surface area contributed by atoms with Gasteiger partial charge < -0.3 is 10.4 Å². The molecule has 94 valence electrons. The van der Waals surface area contributed by atoms with E-state index in [-0.39, 0.29) is 12.5 Å². The van der Waals surface area contributed by atoms with Gasteiger partial charge in [0.05, 0.1) is 6.07 Å². The van der Waals surface area contributed by atoms with Crippen molar-refractivity contribution in [3.05, 3.63) is 0 Å². The van der Waals surface area contributed by atoms with Gasteiger partial charge in [-0.1, -0.05) is 12.8 Å². The van der Waals surface area contributed by atoms with Crippen LogP contribution < -0.4 is 5.32 Å². The van der Waals surface area contributed by atoms with Crippen molar-refractivity contribution >= 4 is 5.91 Å². The molecular formula is C13H20N2O2. The quantitative estimate of drug-likeness (QED) is 0.770. The molecule has 0 aromatic carbocycles. The van der Waals surface area contributed by atoms with Gasteiger partial charge in [0, 0.05) is 13.2 Å². The number of rotatable bonds is 4. The number of carbonyl (C=O) groups excluding carboxylic acids is 1. The molecule has 0 saturated heterocycles. The molecule has 0 aromatic rings. The molecule has 1 amide bonds. The van der Waals surface area contributed by atoms with Crippen molar-refractivity contribution in [1.29, 1.82) is 5.26 Å². The summed E-state index contributed by atoms with van der Waals surface area (Å²) in [7, 11) is 0. The van der Waals surface area contributed by atoms with Gasteiger partial charge in [-0.3, -0.25) is 4.79 Å².